The molecule has 1 aliphatic rings. The fraction of sp³-hybridized carbons (Fsp3) is 0.357. The molecule has 0 radical (unpaired) electrons. The van der Waals surface area contributed by atoms with Gasteiger partial charge in [0.15, 0.2) is 0 Å². The van der Waals surface area contributed by atoms with Crippen molar-refractivity contribution < 1.29 is 13.2 Å². The highest BCUT2D eigenvalue weighted by molar-refractivity contribution is 7.93. The molecule has 0 saturated heterocycles. The molecule has 44 heavy (non-hydrogen) atoms. The van der Waals surface area contributed by atoms with Gasteiger partial charge in [0.25, 0.3) is 10.0 Å². The van der Waals surface area contributed by atoms with Crippen LogP contribution in [0.25, 0.3) is 0 Å². The van der Waals surface area contributed by atoms with E-state index in [1.165, 1.54) is 12.1 Å². The third-order valence-electron chi connectivity index (χ3n) is 7.37. The maximum absolute atomic E-state index is 12.9. The van der Waals surface area contributed by atoms with Gasteiger partial charge in [-0.1, -0.05) is 35.1 Å². The molecule has 0 aliphatic heterocycles. The summed E-state index contributed by atoms with van der Waals surface area (Å²) in [6.07, 6.45) is 3.19. The number of nitrogens with zero attached hydrogens (tertiary/aromatic N) is 5. The summed E-state index contributed by atoms with van der Waals surface area (Å²) in [4.78, 5) is 25.8. The van der Waals surface area contributed by atoms with E-state index in [0.29, 0.717) is 46.6 Å². The molecule has 0 bridgehead atoms. The Morgan fingerprint density at radius 3 is 2.32 bits per heavy atom. The van der Waals surface area contributed by atoms with Gasteiger partial charge in [-0.25, -0.2) is 8.42 Å². The zero-order valence-electron chi connectivity index (χ0n) is 24.0. The van der Waals surface area contributed by atoms with Crippen molar-refractivity contribution in [1.82, 2.24) is 25.1 Å². The van der Waals surface area contributed by atoms with Crippen LogP contribution in [0.3, 0.4) is 0 Å². The van der Waals surface area contributed by atoms with Gasteiger partial charge in [0, 0.05) is 29.7 Å². The highest BCUT2D eigenvalue weighted by Gasteiger charge is 2.27. The Morgan fingerprint density at radius 2 is 1.64 bits per heavy atom. The van der Waals surface area contributed by atoms with E-state index in [4.69, 9.17) is 23.2 Å². The number of aromatic nitrogens is 5. The minimum absolute atomic E-state index is 0.0648. The van der Waals surface area contributed by atoms with E-state index in [1.54, 1.807) is 19.1 Å². The molecule has 1 amide bonds. The maximum atomic E-state index is 12.9. The van der Waals surface area contributed by atoms with Crippen LogP contribution in [0.1, 0.15) is 41.8 Å². The molecule has 0 spiro atoms. The molecule has 2 aromatic heterocycles. The quantitative estimate of drug-likeness (QED) is 0.150. The van der Waals surface area contributed by atoms with Crippen molar-refractivity contribution in [1.29, 1.82) is 0 Å². The Morgan fingerprint density at radius 1 is 0.932 bits per heavy atom. The standard InChI is InChI=1S/C28H31Cl2N9O3S2/c1-16-20(4-3-5-23(16)29)15-32-27-35-25(30)34-26(36-27)31-14-18-6-8-19(9-7-18)24(40)33-21-10-12-22(13-11-21)44(41,42)39-28-38-37-17(2)43-28/h3-5,10-13,18-19H,6-9,14-15H2,1-2H3,(H,33,40)(H,38,39)(H2,31,32,34,35,36). The zero-order valence-corrected chi connectivity index (χ0v) is 27.1. The molecule has 2 heterocycles. The Balaban J connectivity index is 1.07. The van der Waals surface area contributed by atoms with Crippen molar-refractivity contribution >= 4 is 73.2 Å². The molecule has 16 heteroatoms. The third-order valence-corrected chi connectivity index (χ3v) is 10.2. The van der Waals surface area contributed by atoms with Crippen LogP contribution in [0.2, 0.25) is 10.3 Å². The van der Waals surface area contributed by atoms with E-state index in [9.17, 15) is 13.2 Å². The van der Waals surface area contributed by atoms with Crippen molar-refractivity contribution in [3.8, 4) is 0 Å². The van der Waals surface area contributed by atoms with Crippen LogP contribution in [-0.2, 0) is 21.4 Å². The van der Waals surface area contributed by atoms with E-state index < -0.39 is 10.0 Å². The summed E-state index contributed by atoms with van der Waals surface area (Å²) >= 11 is 13.5. The first kappa shape index (κ1) is 31.8. The monoisotopic (exact) mass is 675 g/mol. The number of nitrogens with one attached hydrogen (secondary N) is 4. The third kappa shape index (κ3) is 8.31. The number of aryl methyl sites for hydroxylation is 1. The van der Waals surface area contributed by atoms with Gasteiger partial charge in [0.05, 0.1) is 4.90 Å². The van der Waals surface area contributed by atoms with Crippen LogP contribution in [0.15, 0.2) is 47.4 Å². The fourth-order valence-corrected chi connectivity index (χ4v) is 7.04. The van der Waals surface area contributed by atoms with E-state index in [2.05, 4.69) is 45.8 Å². The molecule has 1 saturated carbocycles. The molecular weight excluding hydrogens is 645 g/mol. The second-order valence-electron chi connectivity index (χ2n) is 10.5. The molecule has 1 fully saturated rings. The lowest BCUT2D eigenvalue weighted by Gasteiger charge is -2.28. The molecule has 4 N–H and O–H groups in total. The number of carbonyl (C=O) groups is 1. The number of benzene rings is 2. The number of sulfonamides is 1. The second kappa shape index (κ2) is 14.0. The molecule has 0 atom stereocenters. The minimum Gasteiger partial charge on any atom is -0.354 e. The number of anilines is 4. The summed E-state index contributed by atoms with van der Waals surface area (Å²) in [6.45, 7) is 4.83. The van der Waals surface area contributed by atoms with Crippen LogP contribution in [0.5, 0.6) is 0 Å². The van der Waals surface area contributed by atoms with Crippen LogP contribution in [0, 0.1) is 25.7 Å². The average Bonchev–Trinajstić information content (AvgIpc) is 3.40. The van der Waals surface area contributed by atoms with Gasteiger partial charge in [-0.3, -0.25) is 9.52 Å². The van der Waals surface area contributed by atoms with Crippen molar-refractivity contribution in [2.24, 2.45) is 11.8 Å². The fourth-order valence-electron chi connectivity index (χ4n) is 4.86. The van der Waals surface area contributed by atoms with Gasteiger partial charge >= 0.3 is 0 Å². The van der Waals surface area contributed by atoms with Crippen LogP contribution >= 0.6 is 34.5 Å². The van der Waals surface area contributed by atoms with Gasteiger partial charge in [0.2, 0.25) is 28.2 Å². The number of amides is 1. The summed E-state index contributed by atoms with van der Waals surface area (Å²) in [5, 5.41) is 18.6. The van der Waals surface area contributed by atoms with E-state index in [0.717, 1.165) is 48.1 Å². The predicted octanol–water partition coefficient (Wildman–Crippen LogP) is 5.92. The van der Waals surface area contributed by atoms with E-state index in [-0.39, 0.29) is 27.1 Å². The summed E-state index contributed by atoms with van der Waals surface area (Å²) < 4.78 is 27.6. The first-order valence-corrected chi connectivity index (χ1v) is 17.0. The first-order valence-electron chi connectivity index (χ1n) is 13.9. The van der Waals surface area contributed by atoms with Crippen LogP contribution < -0.4 is 20.7 Å². The number of halogens is 2. The molecule has 0 unspecified atom stereocenters. The number of hydrogen-bond donors (Lipinski definition) is 4. The highest BCUT2D eigenvalue weighted by Crippen LogP contribution is 2.30. The van der Waals surface area contributed by atoms with Crippen molar-refractivity contribution in [3.05, 3.63) is 68.9 Å². The largest absolute Gasteiger partial charge is 0.354 e. The second-order valence-corrected chi connectivity index (χ2v) is 14.1. The molecular formula is C28H31Cl2N9O3S2. The van der Waals surface area contributed by atoms with Crippen molar-refractivity contribution in [3.63, 3.8) is 0 Å². The van der Waals surface area contributed by atoms with Gasteiger partial charge < -0.3 is 16.0 Å². The van der Waals surface area contributed by atoms with E-state index in [1.807, 2.05) is 25.1 Å². The smallest absolute Gasteiger partial charge is 0.263 e. The van der Waals surface area contributed by atoms with Crippen molar-refractivity contribution in [2.75, 3.05) is 27.2 Å². The number of hydrogen-bond acceptors (Lipinski definition) is 11. The Bertz CT molecular complexity index is 1730. The summed E-state index contributed by atoms with van der Waals surface area (Å²) in [5.41, 5.74) is 2.55. The number of carbonyl (C=O) groups excluding carboxylic acids is 1. The molecule has 232 valence electrons. The summed E-state index contributed by atoms with van der Waals surface area (Å²) in [6, 6.07) is 11.8. The Kier molecular flexibility index (Phi) is 10.1. The van der Waals surface area contributed by atoms with Gasteiger partial charge in [-0.05, 0) is 98.5 Å². The Hall–Kier alpha value is -3.59. The topological polar surface area (TPSA) is 164 Å². The molecule has 5 rings (SSSR count). The minimum atomic E-state index is -3.81. The van der Waals surface area contributed by atoms with Gasteiger partial charge in [0.1, 0.15) is 5.01 Å². The average molecular weight is 677 g/mol. The molecule has 1 aliphatic carbocycles. The van der Waals surface area contributed by atoms with Crippen LogP contribution in [-0.4, -0.2) is 46.0 Å². The summed E-state index contributed by atoms with van der Waals surface area (Å²) in [7, 11) is -3.81. The summed E-state index contributed by atoms with van der Waals surface area (Å²) in [5.74, 6) is 0.878. The SMILES string of the molecule is Cc1nnc(NS(=O)(=O)c2ccc(NC(=O)C3CCC(CNc4nc(Cl)nc(NCc5cccc(Cl)c5C)n4)CC3)cc2)s1. The highest BCUT2D eigenvalue weighted by atomic mass is 35.5. The maximum Gasteiger partial charge on any atom is 0.263 e. The molecule has 4 aromatic rings. The first-order chi connectivity index (χ1) is 21.1. The van der Waals surface area contributed by atoms with Gasteiger partial charge in [-0.15, -0.1) is 10.2 Å². The normalized spacial score (nSPS) is 16.7. The predicted molar refractivity (Wildman–Crippen MR) is 173 cm³/mol. The lowest BCUT2D eigenvalue weighted by molar-refractivity contribution is -0.121. The zero-order chi connectivity index (χ0) is 31.3. The van der Waals surface area contributed by atoms with Crippen LogP contribution in [0.4, 0.5) is 22.7 Å². The van der Waals surface area contributed by atoms with E-state index >= 15 is 0 Å². The molecule has 12 nitrogen and oxygen atoms in total. The van der Waals surface area contributed by atoms with Gasteiger partial charge in [-0.2, -0.15) is 15.0 Å². The van der Waals surface area contributed by atoms with Crippen molar-refractivity contribution in [2.45, 2.75) is 51.0 Å². The number of rotatable bonds is 11. The lowest BCUT2D eigenvalue weighted by atomic mass is 9.81. The molecule has 2 aromatic carbocycles. The lowest BCUT2D eigenvalue weighted by Crippen LogP contribution is -2.29. The Labute approximate surface area is 269 Å².